The minimum Gasteiger partial charge on any atom is -0.278 e. The highest BCUT2D eigenvalue weighted by molar-refractivity contribution is 6.01. The summed E-state index contributed by atoms with van der Waals surface area (Å²) in [4.78, 5) is 27.3. The summed E-state index contributed by atoms with van der Waals surface area (Å²) in [5.41, 5.74) is 3.25. The van der Waals surface area contributed by atoms with Crippen molar-refractivity contribution in [3.63, 3.8) is 0 Å². The fourth-order valence-corrected chi connectivity index (χ4v) is 5.77. The van der Waals surface area contributed by atoms with Crippen molar-refractivity contribution in [3.8, 4) is 0 Å². The first-order valence-electron chi connectivity index (χ1n) is 9.24. The van der Waals surface area contributed by atoms with Crippen molar-refractivity contribution in [2.75, 3.05) is 0 Å². The second-order valence-electron chi connectivity index (χ2n) is 7.72. The van der Waals surface area contributed by atoms with Crippen molar-refractivity contribution in [3.05, 3.63) is 83.4 Å². The van der Waals surface area contributed by atoms with Gasteiger partial charge in [-0.25, -0.2) is 0 Å². The van der Waals surface area contributed by atoms with Crippen molar-refractivity contribution in [1.82, 2.24) is 4.90 Å². The Bertz CT molecular complexity index is 948. The molecule has 1 spiro atoms. The van der Waals surface area contributed by atoms with Crippen molar-refractivity contribution >= 4 is 11.8 Å². The van der Waals surface area contributed by atoms with Gasteiger partial charge < -0.3 is 0 Å². The smallest absolute Gasteiger partial charge is 0.234 e. The zero-order valence-corrected chi connectivity index (χ0v) is 14.9. The summed E-state index contributed by atoms with van der Waals surface area (Å²) < 4.78 is 0. The average Bonchev–Trinajstić information content (AvgIpc) is 2.91. The van der Waals surface area contributed by atoms with E-state index in [0.717, 1.165) is 0 Å². The minimum absolute atomic E-state index is 0.0253. The quantitative estimate of drug-likeness (QED) is 0.739. The highest BCUT2D eigenvalue weighted by Gasteiger charge is 2.66. The third kappa shape index (κ3) is 1.68. The van der Waals surface area contributed by atoms with Crippen LogP contribution in [-0.2, 0) is 15.0 Å². The van der Waals surface area contributed by atoms with E-state index >= 15 is 0 Å². The molecule has 2 aromatic carbocycles. The van der Waals surface area contributed by atoms with Gasteiger partial charge in [-0.1, -0.05) is 66.7 Å². The molecule has 1 heterocycles. The molecule has 1 fully saturated rings. The van der Waals surface area contributed by atoms with Crippen LogP contribution >= 0.6 is 0 Å². The Morgan fingerprint density at radius 2 is 1.73 bits per heavy atom. The lowest BCUT2D eigenvalue weighted by Crippen LogP contribution is -2.50. The highest BCUT2D eigenvalue weighted by atomic mass is 16.2. The molecule has 0 N–H and O–H groups in total. The van der Waals surface area contributed by atoms with Gasteiger partial charge >= 0.3 is 0 Å². The van der Waals surface area contributed by atoms with Gasteiger partial charge in [-0.2, -0.15) is 0 Å². The first-order valence-corrected chi connectivity index (χ1v) is 9.24. The molecule has 6 rings (SSSR count). The molecule has 2 aromatic rings. The van der Waals surface area contributed by atoms with E-state index in [1.807, 2.05) is 31.2 Å². The summed E-state index contributed by atoms with van der Waals surface area (Å²) in [6.07, 6.45) is 4.49. The summed E-state index contributed by atoms with van der Waals surface area (Å²) in [6, 6.07) is 18.6. The van der Waals surface area contributed by atoms with E-state index in [4.69, 9.17) is 0 Å². The normalized spacial score (nSPS) is 33.9. The van der Waals surface area contributed by atoms with Crippen LogP contribution in [0.4, 0.5) is 0 Å². The maximum atomic E-state index is 13.4. The fraction of sp³-hybridized carbons (Fsp3) is 0.304. The van der Waals surface area contributed by atoms with Gasteiger partial charge in [0.25, 0.3) is 0 Å². The first-order chi connectivity index (χ1) is 12.6. The Kier molecular flexibility index (Phi) is 3.09. The lowest BCUT2D eigenvalue weighted by molar-refractivity contribution is -0.143. The zero-order valence-electron chi connectivity index (χ0n) is 14.9. The molecule has 3 aliphatic carbocycles. The van der Waals surface area contributed by atoms with E-state index < -0.39 is 5.41 Å². The molecular formula is C23H21NO2. The van der Waals surface area contributed by atoms with Gasteiger partial charge in [0.2, 0.25) is 11.8 Å². The molecular weight excluding hydrogens is 322 g/mol. The van der Waals surface area contributed by atoms with Crippen LogP contribution in [-0.4, -0.2) is 22.8 Å². The van der Waals surface area contributed by atoms with Crippen LogP contribution in [0.1, 0.15) is 42.4 Å². The van der Waals surface area contributed by atoms with Crippen molar-refractivity contribution in [2.24, 2.45) is 5.92 Å². The van der Waals surface area contributed by atoms with E-state index in [-0.39, 0.29) is 35.6 Å². The van der Waals surface area contributed by atoms with E-state index in [1.165, 1.54) is 28.5 Å². The number of hydrogen-bond donors (Lipinski definition) is 0. The number of hydrogen-bond acceptors (Lipinski definition) is 2. The van der Waals surface area contributed by atoms with Crippen molar-refractivity contribution < 1.29 is 9.59 Å². The molecule has 26 heavy (non-hydrogen) atoms. The molecule has 2 amide bonds. The fourth-order valence-electron chi connectivity index (χ4n) is 5.77. The Balaban J connectivity index is 1.81. The van der Waals surface area contributed by atoms with E-state index in [9.17, 15) is 9.59 Å². The maximum absolute atomic E-state index is 13.4. The Labute approximate surface area is 153 Å². The maximum Gasteiger partial charge on any atom is 0.234 e. The average molecular weight is 343 g/mol. The third-order valence-corrected chi connectivity index (χ3v) is 6.73. The lowest BCUT2D eigenvalue weighted by atomic mass is 9.50. The zero-order chi connectivity index (χ0) is 18.1. The van der Waals surface area contributed by atoms with Crippen molar-refractivity contribution in [2.45, 2.75) is 37.1 Å². The van der Waals surface area contributed by atoms with Gasteiger partial charge in [0.1, 0.15) is 0 Å². The van der Waals surface area contributed by atoms with E-state index in [2.05, 4.69) is 42.5 Å². The summed E-state index contributed by atoms with van der Waals surface area (Å²) in [5, 5.41) is 0. The first kappa shape index (κ1) is 15.6. The van der Waals surface area contributed by atoms with E-state index in [0.29, 0.717) is 0 Å². The SMILES string of the molecule is CC(=O)N1C(=O)[C@H]2[C@H](c3ccccc3)[C@@H]3C=C[C@]2(c2ccccc23)[C@@H]1C. The molecule has 0 saturated carbocycles. The van der Waals surface area contributed by atoms with E-state index in [1.54, 1.807) is 0 Å². The molecule has 2 bridgehead atoms. The highest BCUT2D eigenvalue weighted by Crippen LogP contribution is 2.63. The molecule has 1 saturated heterocycles. The number of likely N-dealkylation sites (tertiary alicyclic amines) is 1. The molecule has 3 heteroatoms. The van der Waals surface area contributed by atoms with Gasteiger partial charge in [0.05, 0.1) is 12.0 Å². The van der Waals surface area contributed by atoms with Crippen LogP contribution in [0.3, 0.4) is 0 Å². The summed E-state index contributed by atoms with van der Waals surface area (Å²) in [7, 11) is 0. The molecule has 0 radical (unpaired) electrons. The molecule has 4 aliphatic rings. The predicted octanol–water partition coefficient (Wildman–Crippen LogP) is 3.77. The minimum atomic E-state index is -0.436. The summed E-state index contributed by atoms with van der Waals surface area (Å²) >= 11 is 0. The number of carbonyl (C=O) groups is 2. The number of benzene rings is 2. The van der Waals surface area contributed by atoms with Crippen LogP contribution < -0.4 is 0 Å². The number of allylic oxidation sites excluding steroid dienone is 1. The Morgan fingerprint density at radius 3 is 2.46 bits per heavy atom. The Hall–Kier alpha value is -2.68. The van der Waals surface area contributed by atoms with Crippen LogP contribution in [0.2, 0.25) is 0 Å². The van der Waals surface area contributed by atoms with Gasteiger partial charge in [-0.05, 0) is 23.6 Å². The monoisotopic (exact) mass is 343 g/mol. The van der Waals surface area contributed by atoms with Gasteiger partial charge in [0, 0.05) is 24.2 Å². The van der Waals surface area contributed by atoms with Crippen LogP contribution in [0, 0.1) is 5.92 Å². The number of rotatable bonds is 1. The second kappa shape index (κ2) is 5.16. The molecule has 0 unspecified atom stereocenters. The molecule has 130 valence electrons. The third-order valence-electron chi connectivity index (χ3n) is 6.73. The topological polar surface area (TPSA) is 37.4 Å². The summed E-state index contributed by atoms with van der Waals surface area (Å²) in [6.45, 7) is 3.52. The molecule has 0 aromatic heterocycles. The van der Waals surface area contributed by atoms with Gasteiger partial charge in [-0.3, -0.25) is 14.5 Å². The van der Waals surface area contributed by atoms with Crippen LogP contribution in [0.5, 0.6) is 0 Å². The Morgan fingerprint density at radius 1 is 1.04 bits per heavy atom. The number of nitrogens with zero attached hydrogens (tertiary/aromatic N) is 1. The molecule has 3 nitrogen and oxygen atoms in total. The molecule has 1 aliphatic heterocycles. The standard InChI is InChI=1S/C23H21NO2/c1-14-23-13-12-18(17-10-6-7-11-19(17)23)20(16-8-4-3-5-9-16)21(23)22(26)24(14)15(2)25/h3-14,18,20-21H,1-2H3/t14-,18+,20+,21+,23+/m0/s1. The second-order valence-corrected chi connectivity index (χ2v) is 7.72. The van der Waals surface area contributed by atoms with Crippen LogP contribution in [0.15, 0.2) is 66.7 Å². The molecule has 5 atom stereocenters. The lowest BCUT2D eigenvalue weighted by Gasteiger charge is -2.51. The predicted molar refractivity (Wildman–Crippen MR) is 99.7 cm³/mol. The van der Waals surface area contributed by atoms with Gasteiger partial charge in [0.15, 0.2) is 0 Å². The van der Waals surface area contributed by atoms with Gasteiger partial charge in [-0.15, -0.1) is 0 Å². The number of amides is 2. The summed E-state index contributed by atoms with van der Waals surface area (Å²) in [5.74, 6) is -0.178. The number of imide groups is 1. The van der Waals surface area contributed by atoms with Crippen LogP contribution in [0.25, 0.3) is 0 Å². The largest absolute Gasteiger partial charge is 0.278 e. The van der Waals surface area contributed by atoms with Crippen molar-refractivity contribution in [1.29, 1.82) is 0 Å². The number of carbonyl (C=O) groups excluding carboxylic acids is 2.